The lowest BCUT2D eigenvalue weighted by molar-refractivity contribution is -0.131. The van der Waals surface area contributed by atoms with E-state index in [0.29, 0.717) is 6.29 Å². The lowest BCUT2D eigenvalue weighted by Crippen LogP contribution is -2.15. The minimum absolute atomic E-state index is 0.0403. The fraction of sp³-hybridized carbons (Fsp3) is 0.182. The van der Waals surface area contributed by atoms with Crippen molar-refractivity contribution < 1.29 is 29.0 Å². The first-order valence-electron chi connectivity index (χ1n) is 4.65. The Morgan fingerprint density at radius 2 is 1.83 bits per heavy atom. The van der Waals surface area contributed by atoms with Crippen LogP contribution in [0.5, 0.6) is 11.5 Å². The van der Waals surface area contributed by atoms with Gasteiger partial charge < -0.3 is 14.6 Å². The molecule has 0 saturated heterocycles. The number of Topliss-reactive ketones (excluding diaryl/α,β-unsaturated/α-hetero) is 1. The van der Waals surface area contributed by atoms with Gasteiger partial charge in [-0.2, -0.15) is 0 Å². The number of carboxylic acid groups (broad SMARTS) is 1. The standard InChI is InChI=1S/C11H9ClO6/c1-17-9-5(4-13)3-6(12)7(10(9)18-2)8(14)11(15)16/h3-4H,1-2H3,(H,15,16). The van der Waals surface area contributed by atoms with E-state index in [2.05, 4.69) is 0 Å². The van der Waals surface area contributed by atoms with Crippen molar-refractivity contribution in [1.29, 1.82) is 0 Å². The lowest BCUT2D eigenvalue weighted by Gasteiger charge is -2.14. The largest absolute Gasteiger partial charge is 0.492 e. The molecule has 7 heteroatoms. The molecule has 0 unspecified atom stereocenters. The van der Waals surface area contributed by atoms with Gasteiger partial charge in [0.15, 0.2) is 17.8 Å². The Labute approximate surface area is 107 Å². The van der Waals surface area contributed by atoms with E-state index >= 15 is 0 Å². The van der Waals surface area contributed by atoms with E-state index in [9.17, 15) is 14.4 Å². The summed E-state index contributed by atoms with van der Waals surface area (Å²) >= 11 is 5.78. The normalized spacial score (nSPS) is 9.72. The molecule has 0 fully saturated rings. The molecule has 0 aliphatic rings. The first kappa shape index (κ1) is 14.0. The summed E-state index contributed by atoms with van der Waals surface area (Å²) in [4.78, 5) is 33.0. The van der Waals surface area contributed by atoms with Crippen LogP contribution in [-0.2, 0) is 4.79 Å². The second-order valence-corrected chi connectivity index (χ2v) is 3.55. The Hall–Kier alpha value is -2.08. The molecule has 18 heavy (non-hydrogen) atoms. The number of ketones is 1. The number of halogens is 1. The highest BCUT2D eigenvalue weighted by molar-refractivity contribution is 6.46. The second kappa shape index (κ2) is 5.50. The summed E-state index contributed by atoms with van der Waals surface area (Å²) < 4.78 is 9.83. The lowest BCUT2D eigenvalue weighted by atomic mass is 10.1. The molecular formula is C11H9ClO6. The average molecular weight is 273 g/mol. The van der Waals surface area contributed by atoms with Gasteiger partial charge in [-0.25, -0.2) is 4.79 Å². The van der Waals surface area contributed by atoms with Gasteiger partial charge in [-0.1, -0.05) is 11.6 Å². The van der Waals surface area contributed by atoms with E-state index in [4.69, 9.17) is 26.2 Å². The highest BCUT2D eigenvalue weighted by Crippen LogP contribution is 2.38. The maximum Gasteiger partial charge on any atom is 0.377 e. The van der Waals surface area contributed by atoms with Crippen LogP contribution in [0.25, 0.3) is 0 Å². The monoisotopic (exact) mass is 272 g/mol. The van der Waals surface area contributed by atoms with Crippen LogP contribution < -0.4 is 9.47 Å². The summed E-state index contributed by atoms with van der Waals surface area (Å²) in [5.41, 5.74) is -0.296. The van der Waals surface area contributed by atoms with Crippen LogP contribution in [-0.4, -0.2) is 37.4 Å². The Morgan fingerprint density at radius 1 is 1.28 bits per heavy atom. The number of aliphatic carboxylic acids is 1. The van der Waals surface area contributed by atoms with E-state index in [0.717, 1.165) is 6.07 Å². The van der Waals surface area contributed by atoms with Crippen molar-refractivity contribution in [3.63, 3.8) is 0 Å². The number of benzene rings is 1. The number of hydrogen-bond acceptors (Lipinski definition) is 5. The molecule has 0 aliphatic carbocycles. The molecule has 0 bridgehead atoms. The van der Waals surface area contributed by atoms with Crippen LogP contribution in [0.15, 0.2) is 6.07 Å². The molecule has 0 atom stereocenters. The molecule has 0 saturated carbocycles. The smallest absolute Gasteiger partial charge is 0.377 e. The molecule has 1 rings (SSSR count). The number of ether oxygens (including phenoxy) is 2. The molecule has 1 N–H and O–H groups in total. The molecule has 1 aromatic carbocycles. The van der Waals surface area contributed by atoms with Gasteiger partial charge in [0.1, 0.15) is 0 Å². The number of carbonyl (C=O) groups is 3. The second-order valence-electron chi connectivity index (χ2n) is 3.14. The van der Waals surface area contributed by atoms with E-state index in [1.165, 1.54) is 14.2 Å². The Kier molecular flexibility index (Phi) is 4.28. The molecule has 0 spiro atoms. The third-order valence-electron chi connectivity index (χ3n) is 2.17. The van der Waals surface area contributed by atoms with Gasteiger partial charge in [-0.3, -0.25) is 9.59 Å². The number of carbonyl (C=O) groups excluding carboxylic acids is 2. The first-order valence-corrected chi connectivity index (χ1v) is 5.03. The average Bonchev–Trinajstić information content (AvgIpc) is 2.36. The van der Waals surface area contributed by atoms with Gasteiger partial charge in [0, 0.05) is 0 Å². The fourth-order valence-electron chi connectivity index (χ4n) is 1.44. The summed E-state index contributed by atoms with van der Waals surface area (Å²) in [5.74, 6) is -3.15. The first-order chi connectivity index (χ1) is 8.47. The van der Waals surface area contributed by atoms with Crippen LogP contribution in [0.4, 0.5) is 0 Å². The zero-order valence-electron chi connectivity index (χ0n) is 9.52. The number of aldehydes is 1. The molecule has 1 aromatic rings. The van der Waals surface area contributed by atoms with Gasteiger partial charge >= 0.3 is 5.97 Å². The van der Waals surface area contributed by atoms with E-state index in [-0.39, 0.29) is 27.6 Å². The van der Waals surface area contributed by atoms with Crippen LogP contribution in [0.1, 0.15) is 20.7 Å². The molecule has 0 radical (unpaired) electrons. The van der Waals surface area contributed by atoms with E-state index in [1.54, 1.807) is 0 Å². The molecular weight excluding hydrogens is 264 g/mol. The highest BCUT2D eigenvalue weighted by atomic mass is 35.5. The van der Waals surface area contributed by atoms with E-state index < -0.39 is 11.8 Å². The van der Waals surface area contributed by atoms with Crippen molar-refractivity contribution in [2.75, 3.05) is 14.2 Å². The summed E-state index contributed by atoms with van der Waals surface area (Å²) in [7, 11) is 2.47. The third-order valence-corrected chi connectivity index (χ3v) is 2.47. The quantitative estimate of drug-likeness (QED) is 0.495. The number of rotatable bonds is 5. The molecule has 0 aromatic heterocycles. The van der Waals surface area contributed by atoms with Gasteiger partial charge in [-0.15, -0.1) is 0 Å². The maximum atomic E-state index is 11.5. The Bertz CT molecular complexity index is 523. The molecule has 0 heterocycles. The number of methoxy groups -OCH3 is 2. The summed E-state index contributed by atoms with van der Waals surface area (Å²) in [6, 6.07) is 1.14. The summed E-state index contributed by atoms with van der Waals surface area (Å²) in [5, 5.41) is 8.50. The van der Waals surface area contributed by atoms with Crippen LogP contribution in [0, 0.1) is 0 Å². The van der Waals surface area contributed by atoms with Gasteiger partial charge in [-0.05, 0) is 6.07 Å². The van der Waals surface area contributed by atoms with Crippen molar-refractivity contribution in [1.82, 2.24) is 0 Å². The van der Waals surface area contributed by atoms with Gasteiger partial charge in [0.25, 0.3) is 5.78 Å². The van der Waals surface area contributed by atoms with Crippen molar-refractivity contribution >= 4 is 29.6 Å². The molecule has 6 nitrogen and oxygen atoms in total. The Morgan fingerprint density at radius 3 is 2.22 bits per heavy atom. The topological polar surface area (TPSA) is 89.9 Å². The fourth-order valence-corrected chi connectivity index (χ4v) is 1.73. The SMILES string of the molecule is COc1c(C=O)cc(Cl)c(C(=O)C(=O)O)c1OC. The van der Waals surface area contributed by atoms with Crippen LogP contribution >= 0.6 is 11.6 Å². The molecule has 96 valence electrons. The number of carboxylic acids is 1. The minimum Gasteiger partial charge on any atom is -0.492 e. The zero-order valence-corrected chi connectivity index (χ0v) is 10.3. The predicted octanol–water partition coefficient (Wildman–Crippen LogP) is 1.44. The third kappa shape index (κ3) is 2.28. The summed E-state index contributed by atoms with van der Waals surface area (Å²) in [6.07, 6.45) is 0.461. The highest BCUT2D eigenvalue weighted by Gasteiger charge is 2.27. The molecule has 0 amide bonds. The minimum atomic E-state index is -1.68. The van der Waals surface area contributed by atoms with E-state index in [1.807, 2.05) is 0 Å². The van der Waals surface area contributed by atoms with Crippen molar-refractivity contribution in [2.24, 2.45) is 0 Å². The number of hydrogen-bond donors (Lipinski definition) is 1. The van der Waals surface area contributed by atoms with Crippen LogP contribution in [0.3, 0.4) is 0 Å². The summed E-state index contributed by atoms with van der Waals surface area (Å²) in [6.45, 7) is 0. The van der Waals surface area contributed by atoms with Crippen molar-refractivity contribution in [3.8, 4) is 11.5 Å². The predicted molar refractivity (Wildman–Crippen MR) is 61.9 cm³/mol. The maximum absolute atomic E-state index is 11.5. The van der Waals surface area contributed by atoms with Crippen LogP contribution in [0.2, 0.25) is 5.02 Å². The van der Waals surface area contributed by atoms with Gasteiger partial charge in [0.2, 0.25) is 0 Å². The van der Waals surface area contributed by atoms with Gasteiger partial charge in [0.05, 0.1) is 30.4 Å². The molecule has 0 aliphatic heterocycles. The Balaban J connectivity index is 3.66. The zero-order chi connectivity index (χ0) is 13.9. The van der Waals surface area contributed by atoms with Crippen molar-refractivity contribution in [3.05, 3.63) is 22.2 Å². The van der Waals surface area contributed by atoms with Crippen molar-refractivity contribution in [2.45, 2.75) is 0 Å².